The molecule has 0 aromatic carbocycles. The molecular weight excluding hydrogens is 223 g/mol. The Bertz CT molecular complexity index is 289. The van der Waals surface area contributed by atoms with Crippen molar-refractivity contribution in [3.8, 4) is 0 Å². The van der Waals surface area contributed by atoms with E-state index in [9.17, 15) is 22.0 Å². The number of alkyl halides is 5. The minimum Gasteiger partial charge on any atom is -0.374 e. The molecule has 0 aromatic heterocycles. The molecule has 7 heteroatoms. The van der Waals surface area contributed by atoms with Gasteiger partial charge < -0.3 is 9.84 Å². The highest BCUT2D eigenvalue weighted by Gasteiger charge is 2.83. The Kier molecular flexibility index (Phi) is 1.94. The molecule has 2 rings (SSSR count). The van der Waals surface area contributed by atoms with Gasteiger partial charge in [-0.05, 0) is 12.3 Å². The molecule has 0 amide bonds. The van der Waals surface area contributed by atoms with Crippen molar-refractivity contribution in [2.45, 2.75) is 43.3 Å². The van der Waals surface area contributed by atoms with Crippen LogP contribution in [0.1, 0.15) is 13.3 Å². The lowest BCUT2D eigenvalue weighted by Gasteiger charge is -2.39. The Morgan fingerprint density at radius 3 is 2.20 bits per heavy atom. The van der Waals surface area contributed by atoms with Crippen LogP contribution in [0.15, 0.2) is 0 Å². The largest absolute Gasteiger partial charge is 0.425 e. The van der Waals surface area contributed by atoms with Crippen molar-refractivity contribution in [3.63, 3.8) is 0 Å². The van der Waals surface area contributed by atoms with Gasteiger partial charge in [-0.3, -0.25) is 0 Å². The molecule has 1 N–H and O–H groups in total. The highest BCUT2D eigenvalue weighted by molar-refractivity contribution is 5.18. The van der Waals surface area contributed by atoms with Crippen LogP contribution < -0.4 is 0 Å². The van der Waals surface area contributed by atoms with Crippen molar-refractivity contribution < 1.29 is 31.8 Å². The lowest BCUT2D eigenvalue weighted by atomic mass is 9.76. The smallest absolute Gasteiger partial charge is 0.374 e. The number of halogens is 5. The third-order valence-electron chi connectivity index (χ3n) is 3.18. The summed E-state index contributed by atoms with van der Waals surface area (Å²) in [5.41, 5.74) is -4.03. The van der Waals surface area contributed by atoms with Gasteiger partial charge in [0.15, 0.2) is 0 Å². The summed E-state index contributed by atoms with van der Waals surface area (Å²) in [6, 6.07) is 0. The lowest BCUT2D eigenvalue weighted by Crippen LogP contribution is -2.66. The van der Waals surface area contributed by atoms with Crippen molar-refractivity contribution in [3.05, 3.63) is 0 Å². The van der Waals surface area contributed by atoms with Crippen molar-refractivity contribution in [2.75, 3.05) is 0 Å². The van der Waals surface area contributed by atoms with Crippen LogP contribution in [0.2, 0.25) is 0 Å². The van der Waals surface area contributed by atoms with Crippen LogP contribution in [-0.4, -0.2) is 35.0 Å². The highest BCUT2D eigenvalue weighted by Crippen LogP contribution is 2.59. The maximum atomic E-state index is 13.3. The predicted molar refractivity (Wildman–Crippen MR) is 38.4 cm³/mol. The zero-order valence-corrected chi connectivity index (χ0v) is 7.68. The summed E-state index contributed by atoms with van der Waals surface area (Å²) in [4.78, 5) is 0. The molecule has 3 unspecified atom stereocenters. The molecule has 2 nitrogen and oxygen atoms in total. The van der Waals surface area contributed by atoms with E-state index in [1.807, 2.05) is 0 Å². The number of hydrogen-bond acceptors (Lipinski definition) is 2. The zero-order chi connectivity index (χ0) is 11.6. The highest BCUT2D eigenvalue weighted by atomic mass is 19.4. The zero-order valence-electron chi connectivity index (χ0n) is 7.68. The molecule has 0 aliphatic carbocycles. The van der Waals surface area contributed by atoms with Gasteiger partial charge in [-0.15, -0.1) is 0 Å². The second kappa shape index (κ2) is 2.63. The molecule has 2 bridgehead atoms. The standard InChI is InChI=1S/C8H9F5O2/c1-3-2-4-6(14,8(11,12)13)7(9,10)5(3)15-4/h3-5,14H,2H2,1H3/t3-,4?,5?,6?/m1/s1. The van der Waals surface area contributed by atoms with Gasteiger partial charge in [0.25, 0.3) is 5.60 Å². The van der Waals surface area contributed by atoms with Crippen LogP contribution in [0.5, 0.6) is 0 Å². The minimum atomic E-state index is -5.38. The van der Waals surface area contributed by atoms with Crippen LogP contribution in [-0.2, 0) is 4.74 Å². The van der Waals surface area contributed by atoms with E-state index < -0.39 is 35.8 Å². The van der Waals surface area contributed by atoms with E-state index >= 15 is 0 Å². The molecular formula is C8H9F5O2. The number of fused-ring (bicyclic) bond motifs is 2. The van der Waals surface area contributed by atoms with E-state index in [4.69, 9.17) is 5.11 Å². The molecule has 0 aromatic rings. The van der Waals surface area contributed by atoms with Gasteiger partial charge in [0.2, 0.25) is 0 Å². The molecule has 2 saturated heterocycles. The molecule has 2 heterocycles. The Hall–Kier alpha value is -0.430. The van der Waals surface area contributed by atoms with E-state index in [1.54, 1.807) is 0 Å². The summed E-state index contributed by atoms with van der Waals surface area (Å²) in [5.74, 6) is -4.94. The second-order valence-electron chi connectivity index (χ2n) is 4.15. The van der Waals surface area contributed by atoms with E-state index in [1.165, 1.54) is 6.92 Å². The third kappa shape index (κ3) is 1.05. The van der Waals surface area contributed by atoms with E-state index in [-0.39, 0.29) is 6.42 Å². The summed E-state index contributed by atoms with van der Waals surface area (Å²) in [5, 5.41) is 9.16. The average molecular weight is 232 g/mol. The number of hydrogen-bond donors (Lipinski definition) is 1. The fraction of sp³-hybridized carbons (Fsp3) is 1.00. The predicted octanol–water partition coefficient (Wildman–Crippen LogP) is 1.72. The molecule has 4 atom stereocenters. The Balaban J connectivity index is 2.45. The normalized spacial score (nSPS) is 48.6. The Morgan fingerprint density at radius 2 is 1.87 bits per heavy atom. The van der Waals surface area contributed by atoms with Gasteiger partial charge in [-0.25, -0.2) is 0 Å². The van der Waals surface area contributed by atoms with E-state index in [0.29, 0.717) is 0 Å². The first-order valence-corrected chi connectivity index (χ1v) is 4.44. The monoisotopic (exact) mass is 232 g/mol. The summed E-state index contributed by atoms with van der Waals surface area (Å²) < 4.78 is 68.4. The number of ether oxygens (including phenoxy) is 1. The van der Waals surface area contributed by atoms with Crippen LogP contribution in [0.4, 0.5) is 22.0 Å². The van der Waals surface area contributed by atoms with Crippen LogP contribution in [0.25, 0.3) is 0 Å². The fourth-order valence-electron chi connectivity index (χ4n) is 2.34. The first kappa shape index (κ1) is 11.1. The van der Waals surface area contributed by atoms with Crippen LogP contribution >= 0.6 is 0 Å². The molecule has 15 heavy (non-hydrogen) atoms. The molecule has 2 aliphatic rings. The summed E-state index contributed by atoms with van der Waals surface area (Å²) >= 11 is 0. The third-order valence-corrected chi connectivity index (χ3v) is 3.18. The second-order valence-corrected chi connectivity index (χ2v) is 4.15. The fourth-order valence-corrected chi connectivity index (χ4v) is 2.34. The van der Waals surface area contributed by atoms with Gasteiger partial charge >= 0.3 is 12.1 Å². The lowest BCUT2D eigenvalue weighted by molar-refractivity contribution is -0.335. The maximum absolute atomic E-state index is 13.3. The molecule has 88 valence electrons. The molecule has 2 fully saturated rings. The van der Waals surface area contributed by atoms with Crippen molar-refractivity contribution >= 4 is 0 Å². The topological polar surface area (TPSA) is 29.5 Å². The molecule has 0 radical (unpaired) electrons. The van der Waals surface area contributed by atoms with E-state index in [2.05, 4.69) is 4.74 Å². The first-order chi connectivity index (χ1) is 6.62. The number of aliphatic hydroxyl groups is 1. The summed E-state index contributed by atoms with van der Waals surface area (Å²) in [6.07, 6.45) is -9.27. The van der Waals surface area contributed by atoms with Gasteiger partial charge in [0.1, 0.15) is 12.2 Å². The van der Waals surface area contributed by atoms with Gasteiger partial charge in [0.05, 0.1) is 0 Å². The van der Waals surface area contributed by atoms with E-state index in [0.717, 1.165) is 0 Å². The minimum absolute atomic E-state index is 0.198. The van der Waals surface area contributed by atoms with Gasteiger partial charge in [0, 0.05) is 0 Å². The average Bonchev–Trinajstić information content (AvgIpc) is 2.49. The quantitative estimate of drug-likeness (QED) is 0.644. The molecule has 0 spiro atoms. The van der Waals surface area contributed by atoms with Crippen molar-refractivity contribution in [1.82, 2.24) is 0 Å². The van der Waals surface area contributed by atoms with Crippen molar-refractivity contribution in [1.29, 1.82) is 0 Å². The van der Waals surface area contributed by atoms with Gasteiger partial charge in [-0.2, -0.15) is 22.0 Å². The number of rotatable bonds is 0. The van der Waals surface area contributed by atoms with Gasteiger partial charge in [-0.1, -0.05) is 6.92 Å². The first-order valence-electron chi connectivity index (χ1n) is 4.44. The maximum Gasteiger partial charge on any atom is 0.425 e. The molecule has 2 aliphatic heterocycles. The molecule has 0 saturated carbocycles. The van der Waals surface area contributed by atoms with Crippen LogP contribution in [0, 0.1) is 5.92 Å². The Labute approximate surface area is 82.0 Å². The Morgan fingerprint density at radius 1 is 1.33 bits per heavy atom. The summed E-state index contributed by atoms with van der Waals surface area (Å²) in [6.45, 7) is 1.38. The van der Waals surface area contributed by atoms with Crippen molar-refractivity contribution in [2.24, 2.45) is 5.92 Å². The van der Waals surface area contributed by atoms with Crippen LogP contribution in [0.3, 0.4) is 0 Å². The SMILES string of the molecule is C[C@@H]1CC2OC1C(F)(F)C2(O)C(F)(F)F. The summed E-state index contributed by atoms with van der Waals surface area (Å²) in [7, 11) is 0.